The third kappa shape index (κ3) is 4.78. The molecule has 0 radical (unpaired) electrons. The molecule has 1 aromatic heterocycles. The van der Waals surface area contributed by atoms with Gasteiger partial charge in [0.15, 0.2) is 0 Å². The molecule has 2 aliphatic rings. The first kappa shape index (κ1) is 19.9. The van der Waals surface area contributed by atoms with Gasteiger partial charge in [0.25, 0.3) is 0 Å². The summed E-state index contributed by atoms with van der Waals surface area (Å²) < 4.78 is 5.38. The summed E-state index contributed by atoms with van der Waals surface area (Å²) in [6, 6.07) is 12.5. The van der Waals surface area contributed by atoms with Gasteiger partial charge in [0.1, 0.15) is 5.75 Å². The summed E-state index contributed by atoms with van der Waals surface area (Å²) >= 11 is 0. The standard InChI is InChI=1S/C24H31N3O2/c1-18-13-21(19-7-5-9-22(14-19)29-2)15-23(25-18)20-8-6-12-27(16-20)24(28)17-26-10-3-4-11-26/h5,7,9,13-15,20H,3-4,6,8,10-12,16-17H2,1-2H3. The highest BCUT2D eigenvalue weighted by molar-refractivity contribution is 5.78. The predicted octanol–water partition coefficient (Wildman–Crippen LogP) is 3.87. The Hall–Kier alpha value is -2.40. The van der Waals surface area contributed by atoms with Gasteiger partial charge >= 0.3 is 0 Å². The second-order valence-corrected chi connectivity index (χ2v) is 8.32. The molecule has 2 saturated heterocycles. The van der Waals surface area contributed by atoms with E-state index in [1.165, 1.54) is 12.8 Å². The minimum Gasteiger partial charge on any atom is -0.497 e. The Bertz CT molecular complexity index is 861. The molecule has 2 aliphatic heterocycles. The highest BCUT2D eigenvalue weighted by Gasteiger charge is 2.27. The van der Waals surface area contributed by atoms with Gasteiger partial charge < -0.3 is 9.64 Å². The number of aryl methyl sites for hydroxylation is 1. The van der Waals surface area contributed by atoms with Crippen molar-refractivity contribution >= 4 is 5.91 Å². The van der Waals surface area contributed by atoms with Gasteiger partial charge in [0, 0.05) is 30.4 Å². The SMILES string of the molecule is COc1cccc(-c2cc(C)nc(C3CCCN(C(=O)CN4CCCC4)C3)c2)c1. The van der Waals surface area contributed by atoms with Crippen LogP contribution in [0.2, 0.25) is 0 Å². The first-order valence-electron chi connectivity index (χ1n) is 10.8. The van der Waals surface area contributed by atoms with Gasteiger partial charge in [-0.3, -0.25) is 14.7 Å². The van der Waals surface area contributed by atoms with Crippen LogP contribution in [0.25, 0.3) is 11.1 Å². The van der Waals surface area contributed by atoms with Crippen LogP contribution in [0.4, 0.5) is 0 Å². The molecule has 1 amide bonds. The van der Waals surface area contributed by atoms with Crippen LogP contribution in [-0.2, 0) is 4.79 Å². The average molecular weight is 394 g/mol. The molecule has 1 atom stereocenters. The number of piperidine rings is 1. The summed E-state index contributed by atoms with van der Waals surface area (Å²) in [5, 5.41) is 0. The van der Waals surface area contributed by atoms with Crippen LogP contribution in [0, 0.1) is 6.92 Å². The largest absolute Gasteiger partial charge is 0.497 e. The van der Waals surface area contributed by atoms with Gasteiger partial charge in [-0.1, -0.05) is 12.1 Å². The lowest BCUT2D eigenvalue weighted by Crippen LogP contribution is -2.44. The van der Waals surface area contributed by atoms with Gasteiger partial charge in [0.2, 0.25) is 5.91 Å². The molecule has 3 heterocycles. The molecule has 1 unspecified atom stereocenters. The number of hydrogen-bond acceptors (Lipinski definition) is 4. The minimum atomic E-state index is 0.275. The monoisotopic (exact) mass is 393 g/mol. The summed E-state index contributed by atoms with van der Waals surface area (Å²) in [7, 11) is 1.69. The van der Waals surface area contributed by atoms with Crippen LogP contribution in [-0.4, -0.2) is 60.5 Å². The molecule has 0 bridgehead atoms. The van der Waals surface area contributed by atoms with E-state index in [0.29, 0.717) is 12.5 Å². The number of nitrogens with zero attached hydrogens (tertiary/aromatic N) is 3. The maximum Gasteiger partial charge on any atom is 0.236 e. The van der Waals surface area contributed by atoms with E-state index in [0.717, 1.165) is 67.3 Å². The van der Waals surface area contributed by atoms with Crippen molar-refractivity contribution in [2.24, 2.45) is 0 Å². The van der Waals surface area contributed by atoms with E-state index >= 15 is 0 Å². The maximum absolute atomic E-state index is 12.8. The Morgan fingerprint density at radius 1 is 1.10 bits per heavy atom. The zero-order valence-corrected chi connectivity index (χ0v) is 17.6. The topological polar surface area (TPSA) is 45.7 Å². The van der Waals surface area contributed by atoms with Crippen LogP contribution in [0.5, 0.6) is 5.75 Å². The summed E-state index contributed by atoms with van der Waals surface area (Å²) in [6.45, 7) is 6.40. The van der Waals surface area contributed by atoms with Gasteiger partial charge in [-0.15, -0.1) is 0 Å². The zero-order chi connectivity index (χ0) is 20.2. The number of rotatable bonds is 5. The Balaban J connectivity index is 1.51. The molecule has 2 fully saturated rings. The molecule has 0 saturated carbocycles. The molecule has 5 nitrogen and oxygen atoms in total. The lowest BCUT2D eigenvalue weighted by molar-refractivity contribution is -0.133. The number of likely N-dealkylation sites (tertiary alicyclic amines) is 2. The second kappa shape index (κ2) is 8.95. The second-order valence-electron chi connectivity index (χ2n) is 8.32. The minimum absolute atomic E-state index is 0.275. The number of methoxy groups -OCH3 is 1. The van der Waals surface area contributed by atoms with Gasteiger partial charge in [-0.05, 0) is 81.1 Å². The number of carbonyl (C=O) groups is 1. The zero-order valence-electron chi connectivity index (χ0n) is 17.6. The summed E-state index contributed by atoms with van der Waals surface area (Å²) in [5.41, 5.74) is 4.41. The van der Waals surface area contributed by atoms with Gasteiger partial charge in [-0.25, -0.2) is 0 Å². The number of hydrogen-bond donors (Lipinski definition) is 0. The average Bonchev–Trinajstić information content (AvgIpc) is 3.26. The van der Waals surface area contributed by atoms with E-state index in [4.69, 9.17) is 9.72 Å². The van der Waals surface area contributed by atoms with E-state index in [1.54, 1.807) is 7.11 Å². The number of amides is 1. The van der Waals surface area contributed by atoms with Crippen molar-refractivity contribution in [3.63, 3.8) is 0 Å². The molecular weight excluding hydrogens is 362 g/mol. The molecule has 2 aromatic rings. The van der Waals surface area contributed by atoms with Crippen molar-refractivity contribution in [2.75, 3.05) is 39.8 Å². The molecule has 0 spiro atoms. The van der Waals surface area contributed by atoms with E-state index in [2.05, 4.69) is 34.1 Å². The Morgan fingerprint density at radius 2 is 1.93 bits per heavy atom. The third-order valence-electron chi connectivity index (χ3n) is 6.13. The van der Waals surface area contributed by atoms with Crippen molar-refractivity contribution in [1.82, 2.24) is 14.8 Å². The predicted molar refractivity (Wildman–Crippen MR) is 115 cm³/mol. The van der Waals surface area contributed by atoms with Gasteiger partial charge in [0.05, 0.1) is 13.7 Å². The summed E-state index contributed by atoms with van der Waals surface area (Å²) in [5.74, 6) is 1.43. The molecular formula is C24H31N3O2. The maximum atomic E-state index is 12.8. The van der Waals surface area contributed by atoms with Crippen LogP contribution in [0.1, 0.15) is 43.0 Å². The first-order valence-corrected chi connectivity index (χ1v) is 10.8. The highest BCUT2D eigenvalue weighted by atomic mass is 16.5. The lowest BCUT2D eigenvalue weighted by atomic mass is 9.92. The molecule has 0 aliphatic carbocycles. The van der Waals surface area contributed by atoms with E-state index in [-0.39, 0.29) is 5.91 Å². The molecule has 1 aromatic carbocycles. The molecule has 154 valence electrons. The Morgan fingerprint density at radius 3 is 2.72 bits per heavy atom. The Labute approximate surface area is 173 Å². The highest BCUT2D eigenvalue weighted by Crippen LogP contribution is 2.31. The molecule has 0 N–H and O–H groups in total. The van der Waals surface area contributed by atoms with Crippen molar-refractivity contribution in [2.45, 2.75) is 38.5 Å². The molecule has 4 rings (SSSR count). The summed E-state index contributed by atoms with van der Waals surface area (Å²) in [4.78, 5) is 22.0. The van der Waals surface area contributed by atoms with E-state index in [9.17, 15) is 4.79 Å². The van der Waals surface area contributed by atoms with Crippen molar-refractivity contribution < 1.29 is 9.53 Å². The number of carbonyl (C=O) groups excluding carboxylic acids is 1. The Kier molecular flexibility index (Phi) is 6.14. The quantitative estimate of drug-likeness (QED) is 0.774. The fourth-order valence-corrected chi connectivity index (χ4v) is 4.55. The van der Waals surface area contributed by atoms with Crippen LogP contribution in [0.15, 0.2) is 36.4 Å². The number of ether oxygens (including phenoxy) is 1. The van der Waals surface area contributed by atoms with Gasteiger partial charge in [-0.2, -0.15) is 0 Å². The lowest BCUT2D eigenvalue weighted by Gasteiger charge is -2.33. The number of benzene rings is 1. The van der Waals surface area contributed by atoms with E-state index in [1.807, 2.05) is 19.1 Å². The van der Waals surface area contributed by atoms with Crippen molar-refractivity contribution in [3.8, 4) is 16.9 Å². The van der Waals surface area contributed by atoms with Crippen molar-refractivity contribution in [3.05, 3.63) is 47.8 Å². The fourth-order valence-electron chi connectivity index (χ4n) is 4.55. The van der Waals surface area contributed by atoms with E-state index < -0.39 is 0 Å². The smallest absolute Gasteiger partial charge is 0.236 e. The molecule has 5 heteroatoms. The van der Waals surface area contributed by atoms with Crippen molar-refractivity contribution in [1.29, 1.82) is 0 Å². The number of aromatic nitrogens is 1. The first-order chi connectivity index (χ1) is 14.1. The number of pyridine rings is 1. The van der Waals surface area contributed by atoms with Crippen LogP contribution < -0.4 is 4.74 Å². The summed E-state index contributed by atoms with van der Waals surface area (Å²) in [6.07, 6.45) is 4.56. The normalized spacial score (nSPS) is 20.1. The third-order valence-corrected chi connectivity index (χ3v) is 6.13. The molecule has 29 heavy (non-hydrogen) atoms. The van der Waals surface area contributed by atoms with Crippen LogP contribution >= 0.6 is 0 Å². The van der Waals surface area contributed by atoms with Crippen LogP contribution in [0.3, 0.4) is 0 Å². The fraction of sp³-hybridized carbons (Fsp3) is 0.500.